The molecule has 1 aromatic carbocycles. The minimum absolute atomic E-state index is 0.287. The lowest BCUT2D eigenvalue weighted by Gasteiger charge is -2.20. The largest absolute Gasteiger partial charge is 0.496 e. The van der Waals surface area contributed by atoms with Gasteiger partial charge >= 0.3 is 0 Å². The van der Waals surface area contributed by atoms with Gasteiger partial charge in [0.1, 0.15) is 5.75 Å². The zero-order valence-electron chi connectivity index (χ0n) is 11.6. The minimum atomic E-state index is 0.287. The first-order valence-corrected chi connectivity index (χ1v) is 6.82. The third-order valence-electron chi connectivity index (χ3n) is 3.77. The Morgan fingerprint density at radius 2 is 2.11 bits per heavy atom. The van der Waals surface area contributed by atoms with E-state index in [0.717, 1.165) is 17.9 Å². The molecular weight excluding hydrogens is 224 g/mol. The Morgan fingerprint density at radius 3 is 2.67 bits per heavy atom. The number of benzene rings is 1. The van der Waals surface area contributed by atoms with Gasteiger partial charge in [0.25, 0.3) is 0 Å². The molecule has 1 aliphatic rings. The standard InChI is InChI=1S/C15H24N2O/c1-10(2)12-9-11(7-8-15(12)18-3)17-14-6-4-5-13(14)16/h7-10,13-14,17H,4-6,16H2,1-3H3. The molecule has 18 heavy (non-hydrogen) atoms. The third-order valence-corrected chi connectivity index (χ3v) is 3.77. The Morgan fingerprint density at radius 1 is 1.33 bits per heavy atom. The highest BCUT2D eigenvalue weighted by molar-refractivity contribution is 5.53. The summed E-state index contributed by atoms with van der Waals surface area (Å²) in [5.41, 5.74) is 8.49. The van der Waals surface area contributed by atoms with E-state index in [-0.39, 0.29) is 6.04 Å². The summed E-state index contributed by atoms with van der Waals surface area (Å²) >= 11 is 0. The van der Waals surface area contributed by atoms with E-state index >= 15 is 0 Å². The number of anilines is 1. The van der Waals surface area contributed by atoms with Gasteiger partial charge in [-0.3, -0.25) is 0 Å². The highest BCUT2D eigenvalue weighted by Crippen LogP contribution is 2.30. The molecule has 0 bridgehead atoms. The highest BCUT2D eigenvalue weighted by atomic mass is 16.5. The van der Waals surface area contributed by atoms with Crippen LogP contribution in [-0.2, 0) is 0 Å². The summed E-state index contributed by atoms with van der Waals surface area (Å²) in [4.78, 5) is 0. The van der Waals surface area contributed by atoms with Crippen molar-refractivity contribution in [2.24, 2.45) is 5.73 Å². The van der Waals surface area contributed by atoms with Gasteiger partial charge in [-0.05, 0) is 48.9 Å². The van der Waals surface area contributed by atoms with Crippen molar-refractivity contribution >= 4 is 5.69 Å². The number of nitrogens with two attached hydrogens (primary N) is 1. The molecule has 0 saturated heterocycles. The average molecular weight is 248 g/mol. The molecule has 100 valence electrons. The average Bonchev–Trinajstić information content (AvgIpc) is 2.75. The van der Waals surface area contributed by atoms with Crippen LogP contribution in [0, 0.1) is 0 Å². The smallest absolute Gasteiger partial charge is 0.122 e. The van der Waals surface area contributed by atoms with Crippen LogP contribution in [0.4, 0.5) is 5.69 Å². The molecule has 0 heterocycles. The summed E-state index contributed by atoms with van der Waals surface area (Å²) in [5, 5.41) is 3.56. The van der Waals surface area contributed by atoms with Gasteiger partial charge in [0, 0.05) is 17.8 Å². The number of rotatable bonds is 4. The van der Waals surface area contributed by atoms with Crippen molar-refractivity contribution in [3.63, 3.8) is 0 Å². The predicted octanol–water partition coefficient (Wildman–Crippen LogP) is 3.11. The molecule has 3 N–H and O–H groups in total. The van der Waals surface area contributed by atoms with Crippen LogP contribution in [0.1, 0.15) is 44.6 Å². The normalized spacial score (nSPS) is 23.4. The lowest BCUT2D eigenvalue weighted by Crippen LogP contribution is -2.35. The van der Waals surface area contributed by atoms with E-state index < -0.39 is 0 Å². The molecule has 0 spiro atoms. The Labute approximate surface area is 110 Å². The zero-order valence-corrected chi connectivity index (χ0v) is 11.6. The maximum Gasteiger partial charge on any atom is 0.122 e. The second kappa shape index (κ2) is 5.61. The molecule has 2 rings (SSSR count). The number of methoxy groups -OCH3 is 1. The van der Waals surface area contributed by atoms with E-state index in [0.29, 0.717) is 12.0 Å². The molecule has 0 aliphatic heterocycles. The lowest BCUT2D eigenvalue weighted by molar-refractivity contribution is 0.407. The monoisotopic (exact) mass is 248 g/mol. The van der Waals surface area contributed by atoms with Gasteiger partial charge in [0.05, 0.1) is 7.11 Å². The van der Waals surface area contributed by atoms with Gasteiger partial charge in [-0.25, -0.2) is 0 Å². The van der Waals surface area contributed by atoms with Crippen LogP contribution in [0.25, 0.3) is 0 Å². The van der Waals surface area contributed by atoms with Gasteiger partial charge in [-0.1, -0.05) is 13.8 Å². The number of ether oxygens (including phenoxy) is 1. The van der Waals surface area contributed by atoms with Crippen LogP contribution in [0.15, 0.2) is 18.2 Å². The van der Waals surface area contributed by atoms with Crippen molar-refractivity contribution < 1.29 is 4.74 Å². The van der Waals surface area contributed by atoms with E-state index in [1.807, 2.05) is 6.07 Å². The Balaban J connectivity index is 2.16. The highest BCUT2D eigenvalue weighted by Gasteiger charge is 2.23. The summed E-state index contributed by atoms with van der Waals surface area (Å²) in [6.45, 7) is 4.37. The van der Waals surface area contributed by atoms with Gasteiger partial charge in [0.2, 0.25) is 0 Å². The van der Waals surface area contributed by atoms with Crippen LogP contribution >= 0.6 is 0 Å². The van der Waals surface area contributed by atoms with Gasteiger partial charge < -0.3 is 15.8 Å². The van der Waals surface area contributed by atoms with Crippen molar-refractivity contribution in [2.45, 2.75) is 51.1 Å². The number of hydrogen-bond acceptors (Lipinski definition) is 3. The van der Waals surface area contributed by atoms with E-state index in [4.69, 9.17) is 10.5 Å². The van der Waals surface area contributed by atoms with Crippen molar-refractivity contribution in [2.75, 3.05) is 12.4 Å². The molecule has 0 radical (unpaired) electrons. The van der Waals surface area contributed by atoms with Crippen molar-refractivity contribution in [3.8, 4) is 5.75 Å². The second-order valence-corrected chi connectivity index (χ2v) is 5.46. The first kappa shape index (κ1) is 13.2. The molecule has 1 aromatic rings. The number of nitrogens with one attached hydrogen (secondary N) is 1. The van der Waals surface area contributed by atoms with E-state index in [2.05, 4.69) is 31.3 Å². The lowest BCUT2D eigenvalue weighted by atomic mass is 10.0. The Bertz CT molecular complexity index is 403. The molecule has 2 unspecified atom stereocenters. The van der Waals surface area contributed by atoms with E-state index in [9.17, 15) is 0 Å². The fourth-order valence-electron chi connectivity index (χ4n) is 2.66. The fourth-order valence-corrected chi connectivity index (χ4v) is 2.66. The van der Waals surface area contributed by atoms with Gasteiger partial charge in [-0.2, -0.15) is 0 Å². The van der Waals surface area contributed by atoms with E-state index in [1.54, 1.807) is 7.11 Å². The Hall–Kier alpha value is -1.22. The fraction of sp³-hybridized carbons (Fsp3) is 0.600. The molecule has 2 atom stereocenters. The SMILES string of the molecule is COc1ccc(NC2CCCC2N)cc1C(C)C. The first-order valence-electron chi connectivity index (χ1n) is 6.82. The van der Waals surface area contributed by atoms with Crippen LogP contribution in [0.5, 0.6) is 5.75 Å². The minimum Gasteiger partial charge on any atom is -0.496 e. The molecule has 1 saturated carbocycles. The molecule has 1 fully saturated rings. The molecule has 0 aromatic heterocycles. The summed E-state index contributed by atoms with van der Waals surface area (Å²) in [7, 11) is 1.72. The van der Waals surface area contributed by atoms with Crippen molar-refractivity contribution in [1.82, 2.24) is 0 Å². The van der Waals surface area contributed by atoms with Crippen LogP contribution in [-0.4, -0.2) is 19.2 Å². The van der Waals surface area contributed by atoms with Crippen molar-refractivity contribution in [1.29, 1.82) is 0 Å². The summed E-state index contributed by atoms with van der Waals surface area (Å²) in [6.07, 6.45) is 3.53. The molecule has 0 amide bonds. The van der Waals surface area contributed by atoms with E-state index in [1.165, 1.54) is 18.4 Å². The van der Waals surface area contributed by atoms with Crippen LogP contribution in [0.2, 0.25) is 0 Å². The third kappa shape index (κ3) is 2.78. The first-order chi connectivity index (χ1) is 8.61. The summed E-state index contributed by atoms with van der Waals surface area (Å²) < 4.78 is 5.40. The van der Waals surface area contributed by atoms with Gasteiger partial charge in [0.15, 0.2) is 0 Å². The zero-order chi connectivity index (χ0) is 13.1. The summed E-state index contributed by atoms with van der Waals surface area (Å²) in [6, 6.07) is 7.01. The van der Waals surface area contributed by atoms with Crippen molar-refractivity contribution in [3.05, 3.63) is 23.8 Å². The summed E-state index contributed by atoms with van der Waals surface area (Å²) in [5.74, 6) is 1.42. The number of hydrogen-bond donors (Lipinski definition) is 2. The topological polar surface area (TPSA) is 47.3 Å². The quantitative estimate of drug-likeness (QED) is 0.860. The van der Waals surface area contributed by atoms with Crippen LogP contribution < -0.4 is 15.8 Å². The van der Waals surface area contributed by atoms with Crippen LogP contribution in [0.3, 0.4) is 0 Å². The molecule has 3 nitrogen and oxygen atoms in total. The predicted molar refractivity (Wildman–Crippen MR) is 76.3 cm³/mol. The maximum atomic E-state index is 6.09. The second-order valence-electron chi connectivity index (χ2n) is 5.46. The Kier molecular flexibility index (Phi) is 4.12. The maximum absolute atomic E-state index is 6.09. The van der Waals surface area contributed by atoms with Gasteiger partial charge in [-0.15, -0.1) is 0 Å². The molecule has 1 aliphatic carbocycles. The molecular formula is C15H24N2O. The molecule has 3 heteroatoms.